The van der Waals surface area contributed by atoms with Gasteiger partial charge in [-0.3, -0.25) is 9.59 Å². The molecule has 0 bridgehead atoms. The Balaban J connectivity index is 2.83. The zero-order valence-corrected chi connectivity index (χ0v) is 9.29. The first kappa shape index (κ1) is 13.5. The number of carbonyl (C=O) groups is 2. The van der Waals surface area contributed by atoms with Gasteiger partial charge in [0.05, 0.1) is 0 Å². The molecule has 1 aromatic carbocycles. The summed E-state index contributed by atoms with van der Waals surface area (Å²) < 4.78 is 64.9. The number of rotatable bonds is 0. The van der Waals surface area contributed by atoms with Crippen LogP contribution in [0.5, 0.6) is 0 Å². The molecule has 0 saturated carbocycles. The summed E-state index contributed by atoms with van der Waals surface area (Å²) in [5.74, 6) is -6.77. The third-order valence-electron chi connectivity index (χ3n) is 2.23. The van der Waals surface area contributed by atoms with Crippen LogP contribution >= 0.6 is 11.6 Å². The van der Waals surface area contributed by atoms with Gasteiger partial charge < -0.3 is 5.32 Å². The van der Waals surface area contributed by atoms with Crippen molar-refractivity contribution >= 4 is 34.8 Å². The number of hydrogen-bond acceptors (Lipinski definition) is 2. The van der Waals surface area contributed by atoms with Crippen molar-refractivity contribution in [2.45, 2.75) is 6.18 Å². The number of hydrogen-bond donors (Lipinski definition) is 1. The van der Waals surface area contributed by atoms with Crippen LogP contribution in [0.1, 0.15) is 5.56 Å². The summed E-state index contributed by atoms with van der Waals surface area (Å²) in [6, 6.07) is 0. The molecule has 0 fully saturated rings. The Morgan fingerprint density at radius 3 is 2.21 bits per heavy atom. The molecule has 1 aromatic rings. The summed E-state index contributed by atoms with van der Waals surface area (Å²) in [4.78, 5) is 21.8. The van der Waals surface area contributed by atoms with Crippen molar-refractivity contribution in [2.75, 3.05) is 5.32 Å². The zero-order chi connectivity index (χ0) is 14.5. The van der Waals surface area contributed by atoms with Gasteiger partial charge in [0.2, 0.25) is 0 Å². The fourth-order valence-electron chi connectivity index (χ4n) is 1.45. The van der Waals surface area contributed by atoms with E-state index in [1.54, 1.807) is 5.32 Å². The van der Waals surface area contributed by atoms with E-state index in [-0.39, 0.29) is 0 Å². The first-order valence-corrected chi connectivity index (χ1v) is 4.87. The molecule has 0 aliphatic carbocycles. The monoisotopic (exact) mass is 299 g/mol. The Labute approximate surface area is 106 Å². The predicted molar refractivity (Wildman–Crippen MR) is 51.8 cm³/mol. The van der Waals surface area contributed by atoms with Crippen molar-refractivity contribution < 1.29 is 31.5 Å². The summed E-state index contributed by atoms with van der Waals surface area (Å²) in [7, 11) is 0. The maximum Gasteiger partial charge on any atom is 0.421 e. The highest BCUT2D eigenvalue weighted by atomic mass is 35.5. The number of anilines is 1. The molecule has 10 heteroatoms. The molecule has 4 nitrogen and oxygen atoms in total. The van der Waals surface area contributed by atoms with Crippen LogP contribution in [0.25, 0.3) is 0 Å². The minimum Gasteiger partial charge on any atom is -0.313 e. The van der Waals surface area contributed by atoms with Gasteiger partial charge in [-0.25, -0.2) is 14.1 Å². The number of halogens is 6. The molecule has 19 heavy (non-hydrogen) atoms. The second-order valence-corrected chi connectivity index (χ2v) is 3.79. The highest BCUT2D eigenvalue weighted by molar-refractivity contribution is 6.43. The van der Waals surface area contributed by atoms with Gasteiger partial charge in [-0.15, -0.1) is 0 Å². The van der Waals surface area contributed by atoms with E-state index in [0.717, 1.165) is 0 Å². The topological polar surface area (TPSA) is 60.3 Å². The summed E-state index contributed by atoms with van der Waals surface area (Å²) in [6.45, 7) is 0. The normalized spacial score (nSPS) is 14.8. The molecule has 101 valence electrons. The average molecular weight is 300 g/mol. The Hall–Kier alpha value is -1.90. The van der Waals surface area contributed by atoms with Gasteiger partial charge in [0, 0.05) is 0 Å². The van der Waals surface area contributed by atoms with E-state index in [2.05, 4.69) is 5.32 Å². The lowest BCUT2D eigenvalue weighted by Crippen LogP contribution is -2.35. The van der Waals surface area contributed by atoms with Crippen molar-refractivity contribution in [1.29, 1.82) is 0 Å². The van der Waals surface area contributed by atoms with Crippen LogP contribution in [-0.4, -0.2) is 11.8 Å². The van der Waals surface area contributed by atoms with E-state index in [1.165, 1.54) is 0 Å². The number of amides is 2. The van der Waals surface area contributed by atoms with Gasteiger partial charge in [0.15, 0.2) is 11.6 Å². The highest BCUT2D eigenvalue weighted by Gasteiger charge is 2.44. The smallest absolute Gasteiger partial charge is 0.313 e. The van der Waals surface area contributed by atoms with Crippen LogP contribution in [-0.2, 0) is 15.8 Å². The SMILES string of the molecule is O=C1[N]c2c(c(F)c(Cl)c(F)c2C(F)(F)F)NC1=O. The molecule has 0 atom stereocenters. The number of carbonyl (C=O) groups excluding carboxylic acids is 2. The number of nitrogens with zero attached hydrogens (tertiary/aromatic N) is 1. The first-order chi connectivity index (χ1) is 8.64. The molecule has 0 aromatic heterocycles. The van der Waals surface area contributed by atoms with Gasteiger partial charge in [-0.2, -0.15) is 13.2 Å². The van der Waals surface area contributed by atoms with Gasteiger partial charge in [-0.1, -0.05) is 11.6 Å². The first-order valence-electron chi connectivity index (χ1n) is 4.49. The number of alkyl halides is 3. The Morgan fingerprint density at radius 1 is 1.11 bits per heavy atom. The van der Waals surface area contributed by atoms with Crippen LogP contribution < -0.4 is 10.6 Å². The molecule has 2 rings (SSSR count). The summed E-state index contributed by atoms with van der Waals surface area (Å²) >= 11 is 5.08. The van der Waals surface area contributed by atoms with Crippen LogP contribution in [0.2, 0.25) is 5.02 Å². The maximum atomic E-state index is 13.5. The molecule has 0 spiro atoms. The van der Waals surface area contributed by atoms with Crippen LogP contribution in [0.3, 0.4) is 0 Å². The predicted octanol–water partition coefficient (Wildman–Crippen LogP) is 2.35. The van der Waals surface area contributed by atoms with Crippen molar-refractivity contribution in [3.8, 4) is 0 Å². The van der Waals surface area contributed by atoms with Crippen LogP contribution in [0.4, 0.5) is 33.3 Å². The fourth-order valence-corrected chi connectivity index (χ4v) is 1.64. The van der Waals surface area contributed by atoms with Gasteiger partial charge in [0.25, 0.3) is 0 Å². The van der Waals surface area contributed by atoms with E-state index in [9.17, 15) is 31.5 Å². The van der Waals surface area contributed by atoms with Crippen LogP contribution in [0.15, 0.2) is 0 Å². The quantitative estimate of drug-likeness (QED) is 0.454. The molecule has 1 radical (unpaired) electrons. The lowest BCUT2D eigenvalue weighted by atomic mass is 10.1. The van der Waals surface area contributed by atoms with Gasteiger partial charge in [0.1, 0.15) is 22.0 Å². The Bertz CT molecular complexity index is 614. The molecule has 1 heterocycles. The fraction of sp³-hybridized carbons (Fsp3) is 0.111. The summed E-state index contributed by atoms with van der Waals surface area (Å²) in [6.07, 6.45) is -5.27. The molecule has 1 aliphatic heterocycles. The van der Waals surface area contributed by atoms with Crippen molar-refractivity contribution in [2.24, 2.45) is 0 Å². The Morgan fingerprint density at radius 2 is 1.68 bits per heavy atom. The van der Waals surface area contributed by atoms with Gasteiger partial charge >= 0.3 is 18.0 Å². The molecular weight excluding hydrogens is 299 g/mol. The average Bonchev–Trinajstić information content (AvgIpc) is 2.28. The van der Waals surface area contributed by atoms with Crippen molar-refractivity contribution in [1.82, 2.24) is 5.32 Å². The third kappa shape index (κ3) is 1.99. The summed E-state index contributed by atoms with van der Waals surface area (Å²) in [5, 5.41) is 2.85. The standard InChI is InChI=1S/C9HClF5N2O2/c10-2-3(11)1(9(13,14)15)5-6(4(2)12)17-8(19)7(18)16-5/h(H,17,19). The number of nitrogens with one attached hydrogen (secondary N) is 1. The molecule has 1 aliphatic rings. The van der Waals surface area contributed by atoms with Crippen LogP contribution in [0, 0.1) is 11.6 Å². The zero-order valence-electron chi connectivity index (χ0n) is 8.53. The van der Waals surface area contributed by atoms with E-state index >= 15 is 0 Å². The van der Waals surface area contributed by atoms with E-state index in [0.29, 0.717) is 0 Å². The van der Waals surface area contributed by atoms with Crippen molar-refractivity contribution in [3.63, 3.8) is 0 Å². The number of benzene rings is 1. The number of fused-ring (bicyclic) bond motifs is 1. The second-order valence-electron chi connectivity index (χ2n) is 3.41. The lowest BCUT2D eigenvalue weighted by molar-refractivity contribution is -0.141. The lowest BCUT2D eigenvalue weighted by Gasteiger charge is -2.21. The largest absolute Gasteiger partial charge is 0.421 e. The summed E-state index contributed by atoms with van der Waals surface area (Å²) in [5.41, 5.74) is -4.43. The molecular formula is C9HClF5N2O2. The van der Waals surface area contributed by atoms with Crippen molar-refractivity contribution in [3.05, 3.63) is 22.2 Å². The highest BCUT2D eigenvalue weighted by Crippen LogP contribution is 2.46. The second kappa shape index (κ2) is 4.05. The molecule has 0 unspecified atom stereocenters. The van der Waals surface area contributed by atoms with Gasteiger partial charge in [-0.05, 0) is 0 Å². The molecule has 1 N–H and O–H groups in total. The maximum absolute atomic E-state index is 13.5. The minimum atomic E-state index is -5.27. The van der Waals surface area contributed by atoms with E-state index < -0.39 is 51.6 Å². The van der Waals surface area contributed by atoms with E-state index in [1.807, 2.05) is 0 Å². The third-order valence-corrected chi connectivity index (χ3v) is 2.56. The molecule has 0 saturated heterocycles. The molecule has 2 amide bonds. The minimum absolute atomic E-state index is 1.08. The van der Waals surface area contributed by atoms with E-state index in [4.69, 9.17) is 11.6 Å². The Kier molecular flexibility index (Phi) is 2.89.